The first-order chi connectivity index (χ1) is 9.13. The molecular weight excluding hydrogens is 266 g/mol. The fourth-order valence-corrected chi connectivity index (χ4v) is 1.84. The smallest absolute Gasteiger partial charge is 0.170 e. The van der Waals surface area contributed by atoms with Crippen LogP contribution in [0, 0.1) is 0 Å². The zero-order valence-electron chi connectivity index (χ0n) is 10.2. The molecule has 0 aliphatic rings. The second-order valence-electron chi connectivity index (χ2n) is 3.79. The molecule has 2 aromatic rings. The molecule has 1 aromatic carbocycles. The lowest BCUT2D eigenvalue weighted by Gasteiger charge is -2.19. The van der Waals surface area contributed by atoms with Crippen LogP contribution in [0.1, 0.15) is 5.56 Å². The van der Waals surface area contributed by atoms with Gasteiger partial charge in [0.2, 0.25) is 0 Å². The Kier molecular flexibility index (Phi) is 3.82. The highest BCUT2D eigenvalue weighted by Gasteiger charge is 2.10. The summed E-state index contributed by atoms with van der Waals surface area (Å²) < 4.78 is 0. The molecule has 0 radical (unpaired) electrons. The lowest BCUT2D eigenvalue weighted by atomic mass is 10.2. The number of benzene rings is 1. The summed E-state index contributed by atoms with van der Waals surface area (Å²) in [5, 5.41) is 12.1. The van der Waals surface area contributed by atoms with E-state index < -0.39 is 0 Å². The summed E-state index contributed by atoms with van der Waals surface area (Å²) in [4.78, 5) is 9.75. The number of oxime groups is 1. The zero-order chi connectivity index (χ0) is 13.8. The molecule has 1 aromatic heterocycles. The highest BCUT2D eigenvalue weighted by Crippen LogP contribution is 2.27. The van der Waals surface area contributed by atoms with Crippen LogP contribution in [-0.2, 0) is 0 Å². The van der Waals surface area contributed by atoms with Crippen LogP contribution in [0.2, 0.25) is 5.02 Å². The van der Waals surface area contributed by atoms with Crippen molar-refractivity contribution >= 4 is 28.9 Å². The van der Waals surface area contributed by atoms with Gasteiger partial charge in [0.25, 0.3) is 0 Å². The molecule has 98 valence electrons. The van der Waals surface area contributed by atoms with E-state index in [0.717, 1.165) is 5.69 Å². The third-order valence-corrected chi connectivity index (χ3v) is 2.87. The molecule has 0 atom stereocenters. The largest absolute Gasteiger partial charge is 0.409 e. The maximum absolute atomic E-state index is 8.69. The summed E-state index contributed by atoms with van der Waals surface area (Å²) in [7, 11) is 1.82. The standard InChI is InChI=1S/C12H12ClN5O/c1-18(12-10(13)6-15-7-16-12)9-4-2-3-8(5-9)11(14)17-19/h2-7,19H,1H3,(H2,14,17). The van der Waals surface area contributed by atoms with Crippen LogP contribution in [0.5, 0.6) is 0 Å². The zero-order valence-corrected chi connectivity index (χ0v) is 10.9. The van der Waals surface area contributed by atoms with E-state index in [-0.39, 0.29) is 5.84 Å². The van der Waals surface area contributed by atoms with Crippen molar-refractivity contribution in [1.82, 2.24) is 9.97 Å². The lowest BCUT2D eigenvalue weighted by molar-refractivity contribution is 0.318. The van der Waals surface area contributed by atoms with Gasteiger partial charge in [0.1, 0.15) is 11.3 Å². The third kappa shape index (κ3) is 2.74. The van der Waals surface area contributed by atoms with Gasteiger partial charge in [0, 0.05) is 18.3 Å². The second-order valence-corrected chi connectivity index (χ2v) is 4.20. The van der Waals surface area contributed by atoms with Crippen molar-refractivity contribution in [1.29, 1.82) is 0 Å². The third-order valence-electron chi connectivity index (χ3n) is 2.60. The number of hydrogen-bond donors (Lipinski definition) is 2. The molecule has 0 unspecified atom stereocenters. The summed E-state index contributed by atoms with van der Waals surface area (Å²) in [6.07, 6.45) is 2.94. The van der Waals surface area contributed by atoms with Gasteiger partial charge in [-0.15, -0.1) is 0 Å². The van der Waals surface area contributed by atoms with Gasteiger partial charge in [-0.3, -0.25) is 0 Å². The van der Waals surface area contributed by atoms with E-state index in [4.69, 9.17) is 22.5 Å². The molecule has 0 aliphatic carbocycles. The molecule has 0 spiro atoms. The molecule has 7 heteroatoms. The predicted octanol–water partition coefficient (Wildman–Crippen LogP) is 1.99. The van der Waals surface area contributed by atoms with Crippen LogP contribution < -0.4 is 10.6 Å². The molecule has 19 heavy (non-hydrogen) atoms. The summed E-state index contributed by atoms with van der Waals surface area (Å²) in [6.45, 7) is 0. The molecule has 0 saturated carbocycles. The SMILES string of the molecule is CN(c1cccc(/C(N)=N/O)c1)c1ncncc1Cl. The van der Waals surface area contributed by atoms with Gasteiger partial charge in [-0.1, -0.05) is 28.9 Å². The minimum absolute atomic E-state index is 0.0454. The Hall–Kier alpha value is -2.34. The quantitative estimate of drug-likeness (QED) is 0.388. The van der Waals surface area contributed by atoms with Gasteiger partial charge in [-0.05, 0) is 12.1 Å². The van der Waals surface area contributed by atoms with Gasteiger partial charge in [-0.2, -0.15) is 0 Å². The molecule has 0 fully saturated rings. The van der Waals surface area contributed by atoms with Crippen molar-refractivity contribution < 1.29 is 5.21 Å². The summed E-state index contributed by atoms with van der Waals surface area (Å²) in [5.41, 5.74) is 6.98. The molecule has 6 nitrogen and oxygen atoms in total. The Morgan fingerprint density at radius 2 is 2.26 bits per heavy atom. The molecule has 1 heterocycles. The van der Waals surface area contributed by atoms with Crippen LogP contribution in [0.4, 0.5) is 11.5 Å². The second kappa shape index (κ2) is 5.53. The first-order valence-corrected chi connectivity index (χ1v) is 5.78. The fraction of sp³-hybridized carbons (Fsp3) is 0.0833. The van der Waals surface area contributed by atoms with Crippen molar-refractivity contribution in [3.05, 3.63) is 47.4 Å². The van der Waals surface area contributed by atoms with E-state index in [2.05, 4.69) is 15.1 Å². The van der Waals surface area contributed by atoms with Crippen molar-refractivity contribution in [2.24, 2.45) is 10.9 Å². The monoisotopic (exact) mass is 277 g/mol. The van der Waals surface area contributed by atoms with Gasteiger partial charge in [0.15, 0.2) is 11.7 Å². The highest BCUT2D eigenvalue weighted by atomic mass is 35.5. The number of amidine groups is 1. The number of aromatic nitrogens is 2. The van der Waals surface area contributed by atoms with Gasteiger partial charge < -0.3 is 15.8 Å². The summed E-state index contributed by atoms with van der Waals surface area (Å²) in [6, 6.07) is 7.18. The van der Waals surface area contributed by atoms with Gasteiger partial charge >= 0.3 is 0 Å². The molecule has 0 amide bonds. The maximum Gasteiger partial charge on any atom is 0.170 e. The minimum atomic E-state index is 0.0454. The predicted molar refractivity (Wildman–Crippen MR) is 74.1 cm³/mol. The van der Waals surface area contributed by atoms with E-state index >= 15 is 0 Å². The normalized spacial score (nSPS) is 11.4. The number of anilines is 2. The summed E-state index contributed by atoms with van der Waals surface area (Å²) in [5.74, 6) is 0.623. The number of nitrogens with zero attached hydrogens (tertiary/aromatic N) is 4. The van der Waals surface area contributed by atoms with Crippen LogP contribution in [0.25, 0.3) is 0 Å². The fourth-order valence-electron chi connectivity index (χ4n) is 1.61. The first kappa shape index (κ1) is 13.1. The van der Waals surface area contributed by atoms with E-state index in [0.29, 0.717) is 16.4 Å². The van der Waals surface area contributed by atoms with E-state index in [9.17, 15) is 0 Å². The Bertz CT molecular complexity index is 617. The molecule has 3 N–H and O–H groups in total. The molecule has 0 bridgehead atoms. The minimum Gasteiger partial charge on any atom is -0.409 e. The average molecular weight is 278 g/mol. The van der Waals surface area contributed by atoms with Crippen molar-refractivity contribution in [2.45, 2.75) is 0 Å². The molecular formula is C12H12ClN5O. The van der Waals surface area contributed by atoms with Crippen molar-refractivity contribution in [3.8, 4) is 0 Å². The first-order valence-electron chi connectivity index (χ1n) is 5.40. The van der Waals surface area contributed by atoms with Crippen LogP contribution in [0.3, 0.4) is 0 Å². The van der Waals surface area contributed by atoms with Crippen LogP contribution >= 0.6 is 11.6 Å². The van der Waals surface area contributed by atoms with E-state index in [1.807, 2.05) is 13.1 Å². The van der Waals surface area contributed by atoms with Crippen LogP contribution in [0.15, 0.2) is 41.9 Å². The van der Waals surface area contributed by atoms with E-state index in [1.54, 1.807) is 23.1 Å². The maximum atomic E-state index is 8.69. The van der Waals surface area contributed by atoms with Crippen LogP contribution in [-0.4, -0.2) is 28.1 Å². The molecule has 0 saturated heterocycles. The Morgan fingerprint density at radius 1 is 1.47 bits per heavy atom. The Morgan fingerprint density at radius 3 is 2.95 bits per heavy atom. The van der Waals surface area contributed by atoms with Gasteiger partial charge in [-0.25, -0.2) is 9.97 Å². The molecule has 2 rings (SSSR count). The average Bonchev–Trinajstić information content (AvgIpc) is 2.46. The van der Waals surface area contributed by atoms with Crippen molar-refractivity contribution in [3.63, 3.8) is 0 Å². The van der Waals surface area contributed by atoms with E-state index in [1.165, 1.54) is 12.5 Å². The van der Waals surface area contributed by atoms with Gasteiger partial charge in [0.05, 0.1) is 6.20 Å². The number of halogens is 1. The Balaban J connectivity index is 2.40. The number of hydrogen-bond acceptors (Lipinski definition) is 5. The molecule has 0 aliphatic heterocycles. The number of rotatable bonds is 3. The Labute approximate surface area is 115 Å². The number of nitrogens with two attached hydrogens (primary N) is 1. The lowest BCUT2D eigenvalue weighted by Crippen LogP contribution is -2.16. The highest BCUT2D eigenvalue weighted by molar-refractivity contribution is 6.32. The van der Waals surface area contributed by atoms with Crippen molar-refractivity contribution in [2.75, 3.05) is 11.9 Å². The topological polar surface area (TPSA) is 87.6 Å². The summed E-state index contributed by atoms with van der Waals surface area (Å²) >= 11 is 6.04.